The van der Waals surface area contributed by atoms with Gasteiger partial charge in [-0.3, -0.25) is 9.59 Å². The van der Waals surface area contributed by atoms with Crippen molar-refractivity contribution in [2.45, 2.75) is 78.6 Å². The maximum Gasteiger partial charge on any atom is 0.408 e. The molecule has 35 heavy (non-hydrogen) atoms. The SMILES string of the molecule is Cc1cccc(C)c1C(C(=O)NC(C)C)N(C)C(=O)C(Cc1ccccc1)NC(=O)OC(C)(C)C. The number of rotatable bonds is 8. The zero-order valence-corrected chi connectivity index (χ0v) is 22.1. The van der Waals surface area contributed by atoms with Crippen LogP contribution in [0.4, 0.5) is 4.79 Å². The molecule has 0 radical (unpaired) electrons. The summed E-state index contributed by atoms with van der Waals surface area (Å²) in [6.07, 6.45) is -0.426. The van der Waals surface area contributed by atoms with Crippen LogP contribution in [-0.4, -0.2) is 47.5 Å². The Hall–Kier alpha value is -3.35. The first-order valence-electron chi connectivity index (χ1n) is 12.0. The molecule has 3 amide bonds. The number of aryl methyl sites for hydroxylation is 2. The average molecular weight is 482 g/mol. The summed E-state index contributed by atoms with van der Waals surface area (Å²) < 4.78 is 5.42. The van der Waals surface area contributed by atoms with Gasteiger partial charge in [0.1, 0.15) is 17.7 Å². The summed E-state index contributed by atoms with van der Waals surface area (Å²) >= 11 is 0. The Morgan fingerprint density at radius 2 is 1.49 bits per heavy atom. The van der Waals surface area contributed by atoms with Gasteiger partial charge in [-0.05, 0) is 70.7 Å². The smallest absolute Gasteiger partial charge is 0.408 e. The molecule has 2 aromatic carbocycles. The summed E-state index contributed by atoms with van der Waals surface area (Å²) in [6, 6.07) is 13.3. The summed E-state index contributed by atoms with van der Waals surface area (Å²) in [5.74, 6) is -0.657. The number of nitrogens with zero attached hydrogens (tertiary/aromatic N) is 1. The van der Waals surface area contributed by atoms with Gasteiger partial charge in [0.05, 0.1) is 0 Å². The molecule has 0 aliphatic rings. The summed E-state index contributed by atoms with van der Waals surface area (Å²) in [4.78, 5) is 41.3. The Morgan fingerprint density at radius 3 is 2.00 bits per heavy atom. The van der Waals surface area contributed by atoms with E-state index in [0.717, 1.165) is 22.3 Å². The third-order valence-corrected chi connectivity index (χ3v) is 5.50. The standard InChI is InChI=1S/C28H39N3O4/c1-18(2)29-25(32)24(23-19(3)13-12-14-20(23)4)31(8)26(33)22(17-21-15-10-9-11-16-21)30-27(34)35-28(5,6)7/h9-16,18,22,24H,17H2,1-8H3,(H,29,32)(H,30,34). The molecule has 0 saturated carbocycles. The molecule has 0 bridgehead atoms. The number of benzene rings is 2. The van der Waals surface area contributed by atoms with E-state index in [1.807, 2.05) is 76.2 Å². The molecule has 0 heterocycles. The minimum absolute atomic E-state index is 0.0992. The van der Waals surface area contributed by atoms with Gasteiger partial charge in [0.2, 0.25) is 11.8 Å². The van der Waals surface area contributed by atoms with E-state index in [2.05, 4.69) is 10.6 Å². The fraction of sp³-hybridized carbons (Fsp3) is 0.464. The molecule has 2 aromatic rings. The van der Waals surface area contributed by atoms with Gasteiger partial charge in [0, 0.05) is 19.5 Å². The molecule has 0 saturated heterocycles. The largest absolute Gasteiger partial charge is 0.444 e. The molecule has 2 rings (SSSR count). The van der Waals surface area contributed by atoms with E-state index in [4.69, 9.17) is 4.74 Å². The van der Waals surface area contributed by atoms with Gasteiger partial charge in [-0.25, -0.2) is 4.79 Å². The molecule has 190 valence electrons. The molecule has 7 nitrogen and oxygen atoms in total. The van der Waals surface area contributed by atoms with E-state index in [-0.39, 0.29) is 24.3 Å². The lowest BCUT2D eigenvalue weighted by atomic mass is 9.93. The maximum atomic E-state index is 13.9. The van der Waals surface area contributed by atoms with Crippen LogP contribution in [0.25, 0.3) is 0 Å². The molecule has 0 aromatic heterocycles. The van der Waals surface area contributed by atoms with Gasteiger partial charge >= 0.3 is 6.09 Å². The van der Waals surface area contributed by atoms with Gasteiger partial charge in [0.25, 0.3) is 0 Å². The second-order valence-corrected chi connectivity index (χ2v) is 10.2. The molecule has 0 spiro atoms. The van der Waals surface area contributed by atoms with Crippen molar-refractivity contribution in [3.8, 4) is 0 Å². The van der Waals surface area contributed by atoms with Crippen LogP contribution in [0, 0.1) is 13.8 Å². The van der Waals surface area contributed by atoms with Crippen LogP contribution in [0.2, 0.25) is 0 Å². The first kappa shape index (κ1) is 27.9. The lowest BCUT2D eigenvalue weighted by molar-refractivity contribution is -0.141. The van der Waals surface area contributed by atoms with E-state index in [0.29, 0.717) is 0 Å². The van der Waals surface area contributed by atoms with Crippen LogP contribution in [0.3, 0.4) is 0 Å². The van der Waals surface area contributed by atoms with Gasteiger partial charge in [0.15, 0.2) is 0 Å². The fourth-order valence-electron chi connectivity index (χ4n) is 4.00. The molecular formula is C28H39N3O4. The highest BCUT2D eigenvalue weighted by Crippen LogP contribution is 2.28. The second-order valence-electron chi connectivity index (χ2n) is 10.2. The number of hydrogen-bond donors (Lipinski definition) is 2. The van der Waals surface area contributed by atoms with Crippen LogP contribution >= 0.6 is 0 Å². The van der Waals surface area contributed by atoms with Crippen molar-refractivity contribution in [3.05, 3.63) is 70.8 Å². The van der Waals surface area contributed by atoms with Crippen molar-refractivity contribution in [1.29, 1.82) is 0 Å². The molecule has 2 unspecified atom stereocenters. The third kappa shape index (κ3) is 8.12. The highest BCUT2D eigenvalue weighted by molar-refractivity contribution is 5.92. The van der Waals surface area contributed by atoms with Crippen LogP contribution in [0.5, 0.6) is 0 Å². The molecule has 2 atom stereocenters. The Bertz CT molecular complexity index is 1010. The minimum atomic E-state index is -0.920. The van der Waals surface area contributed by atoms with E-state index in [1.165, 1.54) is 4.90 Å². The van der Waals surface area contributed by atoms with Crippen LogP contribution in [0.1, 0.15) is 62.9 Å². The quantitative estimate of drug-likeness (QED) is 0.583. The lowest BCUT2D eigenvalue weighted by Gasteiger charge is -2.33. The van der Waals surface area contributed by atoms with E-state index in [9.17, 15) is 14.4 Å². The Kier molecular flexibility index (Phi) is 9.46. The van der Waals surface area contributed by atoms with Crippen molar-refractivity contribution >= 4 is 17.9 Å². The van der Waals surface area contributed by atoms with Gasteiger partial charge in [-0.15, -0.1) is 0 Å². The van der Waals surface area contributed by atoms with Crippen molar-refractivity contribution in [2.75, 3.05) is 7.05 Å². The number of likely N-dealkylation sites (N-methyl/N-ethyl adjacent to an activating group) is 1. The van der Waals surface area contributed by atoms with Crippen molar-refractivity contribution in [3.63, 3.8) is 0 Å². The van der Waals surface area contributed by atoms with E-state index < -0.39 is 23.8 Å². The Labute approximate surface area is 209 Å². The van der Waals surface area contributed by atoms with Crippen molar-refractivity contribution in [1.82, 2.24) is 15.5 Å². The molecular weight excluding hydrogens is 442 g/mol. The number of carbonyl (C=O) groups excluding carboxylic acids is 3. The maximum absolute atomic E-state index is 13.9. The number of hydrogen-bond acceptors (Lipinski definition) is 4. The summed E-state index contributed by atoms with van der Waals surface area (Å²) in [7, 11) is 1.60. The van der Waals surface area contributed by atoms with Gasteiger partial charge < -0.3 is 20.3 Å². The van der Waals surface area contributed by atoms with Crippen LogP contribution < -0.4 is 10.6 Å². The molecule has 0 aliphatic carbocycles. The fourth-order valence-corrected chi connectivity index (χ4v) is 4.00. The second kappa shape index (κ2) is 11.9. The monoisotopic (exact) mass is 481 g/mol. The van der Waals surface area contributed by atoms with Crippen LogP contribution in [0.15, 0.2) is 48.5 Å². The predicted molar refractivity (Wildman–Crippen MR) is 138 cm³/mol. The summed E-state index contributed by atoms with van der Waals surface area (Å²) in [5, 5.41) is 5.68. The average Bonchev–Trinajstić information content (AvgIpc) is 2.73. The van der Waals surface area contributed by atoms with Crippen molar-refractivity contribution in [2.24, 2.45) is 0 Å². The molecule has 0 aliphatic heterocycles. The van der Waals surface area contributed by atoms with E-state index >= 15 is 0 Å². The lowest BCUT2D eigenvalue weighted by Crippen LogP contribution is -2.53. The predicted octanol–water partition coefficient (Wildman–Crippen LogP) is 4.46. The number of amides is 3. The van der Waals surface area contributed by atoms with Gasteiger partial charge in [-0.1, -0.05) is 48.5 Å². The minimum Gasteiger partial charge on any atom is -0.444 e. The van der Waals surface area contributed by atoms with Gasteiger partial charge in [-0.2, -0.15) is 0 Å². The van der Waals surface area contributed by atoms with Crippen molar-refractivity contribution < 1.29 is 19.1 Å². The summed E-state index contributed by atoms with van der Waals surface area (Å²) in [6.45, 7) is 12.9. The zero-order valence-electron chi connectivity index (χ0n) is 22.1. The number of nitrogens with one attached hydrogen (secondary N) is 2. The van der Waals surface area contributed by atoms with E-state index in [1.54, 1.807) is 27.8 Å². The summed E-state index contributed by atoms with van der Waals surface area (Å²) in [5.41, 5.74) is 2.76. The number of carbonyl (C=O) groups is 3. The van der Waals surface area contributed by atoms with Crippen LogP contribution in [-0.2, 0) is 20.7 Å². The third-order valence-electron chi connectivity index (χ3n) is 5.50. The topological polar surface area (TPSA) is 87.7 Å². The zero-order chi connectivity index (χ0) is 26.3. The highest BCUT2D eigenvalue weighted by Gasteiger charge is 2.35. The normalized spacial score (nSPS) is 13.1. The molecule has 7 heteroatoms. The molecule has 0 fully saturated rings. The first-order chi connectivity index (χ1) is 16.3. The number of ether oxygens (including phenoxy) is 1. The highest BCUT2D eigenvalue weighted by atomic mass is 16.6. The number of alkyl carbamates (subject to hydrolysis) is 1. The Balaban J connectivity index is 2.46. The Morgan fingerprint density at radius 1 is 0.914 bits per heavy atom. The molecule has 2 N–H and O–H groups in total. The first-order valence-corrected chi connectivity index (χ1v) is 12.0.